The van der Waals surface area contributed by atoms with Gasteiger partial charge in [-0.05, 0) is 19.0 Å². The summed E-state index contributed by atoms with van der Waals surface area (Å²) in [5, 5.41) is 22.5. The van der Waals surface area contributed by atoms with Gasteiger partial charge in [-0.15, -0.1) is 10.2 Å². The van der Waals surface area contributed by atoms with Crippen LogP contribution in [0, 0.1) is 6.92 Å². The zero-order chi connectivity index (χ0) is 14.4. The fraction of sp³-hybridized carbons (Fsp3) is 0.429. The number of hydrogen-bond acceptors (Lipinski definition) is 6. The Morgan fingerprint density at radius 1 is 1.30 bits per heavy atom. The van der Waals surface area contributed by atoms with Crippen LogP contribution in [0.2, 0.25) is 0 Å². The van der Waals surface area contributed by atoms with Crippen LogP contribution >= 0.6 is 23.1 Å². The first-order chi connectivity index (χ1) is 9.70. The summed E-state index contributed by atoms with van der Waals surface area (Å²) in [4.78, 5) is 0. The molecular weight excluding hydrogens is 290 g/mol. The molecule has 0 aliphatic heterocycles. The van der Waals surface area contributed by atoms with E-state index in [0.717, 1.165) is 27.2 Å². The highest BCUT2D eigenvalue weighted by Crippen LogP contribution is 2.31. The Hall–Kier alpha value is -0.950. The van der Waals surface area contributed by atoms with E-state index in [9.17, 15) is 5.11 Å². The van der Waals surface area contributed by atoms with Crippen LogP contribution in [0.25, 0.3) is 0 Å². The van der Waals surface area contributed by atoms with E-state index in [0.29, 0.717) is 0 Å². The van der Waals surface area contributed by atoms with Gasteiger partial charge in [0.15, 0.2) is 4.34 Å². The van der Waals surface area contributed by atoms with Gasteiger partial charge in [0.25, 0.3) is 0 Å². The molecule has 6 heteroatoms. The molecule has 0 aliphatic rings. The summed E-state index contributed by atoms with van der Waals surface area (Å²) < 4.78 is 0.939. The molecule has 1 aromatic heterocycles. The lowest BCUT2D eigenvalue weighted by atomic mass is 9.92. The summed E-state index contributed by atoms with van der Waals surface area (Å²) in [5.41, 5.74) is 0.651. The minimum Gasteiger partial charge on any atom is -0.394 e. The number of benzene rings is 1. The van der Waals surface area contributed by atoms with Crippen molar-refractivity contribution in [1.82, 2.24) is 15.5 Å². The molecule has 0 saturated carbocycles. The second kappa shape index (κ2) is 7.17. The number of nitrogens with zero attached hydrogens (tertiary/aromatic N) is 2. The molecule has 108 valence electrons. The van der Waals surface area contributed by atoms with Gasteiger partial charge in [0.1, 0.15) is 5.01 Å². The summed E-state index contributed by atoms with van der Waals surface area (Å²) in [7, 11) is 0. The number of aromatic nitrogens is 2. The van der Waals surface area contributed by atoms with Crippen LogP contribution in [-0.2, 0) is 5.54 Å². The molecule has 1 atom stereocenters. The Morgan fingerprint density at radius 2 is 2.05 bits per heavy atom. The monoisotopic (exact) mass is 309 g/mol. The van der Waals surface area contributed by atoms with E-state index >= 15 is 0 Å². The van der Waals surface area contributed by atoms with E-state index in [-0.39, 0.29) is 6.61 Å². The Balaban J connectivity index is 2.18. The van der Waals surface area contributed by atoms with Crippen molar-refractivity contribution in [3.05, 3.63) is 40.9 Å². The molecule has 0 radical (unpaired) electrons. The van der Waals surface area contributed by atoms with Crippen molar-refractivity contribution in [1.29, 1.82) is 0 Å². The Kier molecular flexibility index (Phi) is 5.54. The molecule has 0 aliphatic carbocycles. The van der Waals surface area contributed by atoms with Crippen molar-refractivity contribution in [2.45, 2.75) is 23.7 Å². The van der Waals surface area contributed by atoms with Crippen molar-refractivity contribution in [3.8, 4) is 0 Å². The van der Waals surface area contributed by atoms with E-state index in [1.807, 2.05) is 44.2 Å². The molecular formula is C14H19N3OS2. The molecule has 0 saturated heterocycles. The maximum Gasteiger partial charge on any atom is 0.174 e. The first-order valence-corrected chi connectivity index (χ1v) is 8.35. The third kappa shape index (κ3) is 3.58. The number of rotatable bonds is 7. The lowest BCUT2D eigenvalue weighted by molar-refractivity contribution is 0.181. The fourth-order valence-electron chi connectivity index (χ4n) is 2.05. The normalized spacial score (nSPS) is 14.2. The van der Waals surface area contributed by atoms with Crippen molar-refractivity contribution >= 4 is 23.1 Å². The lowest BCUT2D eigenvalue weighted by Gasteiger charge is -2.32. The zero-order valence-electron chi connectivity index (χ0n) is 11.7. The average molecular weight is 309 g/mol. The maximum absolute atomic E-state index is 9.94. The van der Waals surface area contributed by atoms with Gasteiger partial charge in [0.2, 0.25) is 0 Å². The molecule has 2 N–H and O–H groups in total. The highest BCUT2D eigenvalue weighted by Gasteiger charge is 2.31. The maximum atomic E-state index is 9.94. The van der Waals surface area contributed by atoms with E-state index < -0.39 is 5.54 Å². The number of aliphatic hydroxyl groups excluding tert-OH is 1. The van der Waals surface area contributed by atoms with Crippen LogP contribution in [0.3, 0.4) is 0 Å². The third-order valence-electron chi connectivity index (χ3n) is 3.06. The summed E-state index contributed by atoms with van der Waals surface area (Å²) in [6.45, 7) is 4.84. The summed E-state index contributed by atoms with van der Waals surface area (Å²) in [6, 6.07) is 10.1. The first kappa shape index (κ1) is 15.4. The van der Waals surface area contributed by atoms with Gasteiger partial charge in [-0.3, -0.25) is 0 Å². The fourth-order valence-corrected chi connectivity index (χ4v) is 4.07. The summed E-state index contributed by atoms with van der Waals surface area (Å²) in [6.07, 6.45) is 0. The van der Waals surface area contributed by atoms with Gasteiger partial charge < -0.3 is 10.4 Å². The molecule has 20 heavy (non-hydrogen) atoms. The van der Waals surface area contributed by atoms with Crippen molar-refractivity contribution in [2.75, 3.05) is 18.9 Å². The molecule has 4 nitrogen and oxygen atoms in total. The van der Waals surface area contributed by atoms with Crippen LogP contribution in [-0.4, -0.2) is 34.2 Å². The summed E-state index contributed by atoms with van der Waals surface area (Å²) in [5.74, 6) is 0.718. The van der Waals surface area contributed by atoms with E-state index in [2.05, 4.69) is 15.5 Å². The third-order valence-corrected chi connectivity index (χ3v) is 5.26. The van der Waals surface area contributed by atoms with Crippen molar-refractivity contribution in [2.24, 2.45) is 0 Å². The second-order valence-corrected chi connectivity index (χ2v) is 6.92. The number of hydrogen-bond donors (Lipinski definition) is 2. The van der Waals surface area contributed by atoms with Crippen LogP contribution in [0.4, 0.5) is 0 Å². The molecule has 1 unspecified atom stereocenters. The molecule has 0 amide bonds. The predicted molar refractivity (Wildman–Crippen MR) is 84.3 cm³/mol. The molecule has 0 bridgehead atoms. The van der Waals surface area contributed by atoms with Crippen molar-refractivity contribution < 1.29 is 5.11 Å². The number of nitrogens with one attached hydrogen (secondary N) is 1. The minimum absolute atomic E-state index is 0.0512. The number of aliphatic hydroxyl groups is 1. The van der Waals surface area contributed by atoms with Crippen molar-refractivity contribution in [3.63, 3.8) is 0 Å². The quantitative estimate of drug-likeness (QED) is 0.769. The second-order valence-electron chi connectivity index (χ2n) is 4.51. The van der Waals surface area contributed by atoms with Gasteiger partial charge in [0, 0.05) is 5.75 Å². The van der Waals surface area contributed by atoms with Crippen LogP contribution in [0.1, 0.15) is 17.5 Å². The topological polar surface area (TPSA) is 58.0 Å². The zero-order valence-corrected chi connectivity index (χ0v) is 13.3. The standard InChI is InChI=1S/C14H19N3OS2/c1-3-15-14(9-18,12-7-5-4-6-8-12)10-19-13-17-16-11(2)20-13/h4-8,15,18H,3,9-10H2,1-2H3. The Morgan fingerprint density at radius 3 is 2.60 bits per heavy atom. The van der Waals surface area contributed by atoms with E-state index in [1.165, 1.54) is 0 Å². The molecule has 0 fully saturated rings. The van der Waals surface area contributed by atoms with Gasteiger partial charge >= 0.3 is 0 Å². The Bertz CT molecular complexity index is 532. The minimum atomic E-state index is -0.444. The van der Waals surface area contributed by atoms with Crippen LogP contribution in [0.5, 0.6) is 0 Å². The summed E-state index contributed by atoms with van der Waals surface area (Å²) >= 11 is 3.21. The Labute approximate surface area is 127 Å². The molecule has 1 aromatic carbocycles. The van der Waals surface area contributed by atoms with Gasteiger partial charge in [-0.25, -0.2) is 0 Å². The number of likely N-dealkylation sites (N-methyl/N-ethyl adjacent to an activating group) is 1. The molecule has 0 spiro atoms. The lowest BCUT2D eigenvalue weighted by Crippen LogP contribution is -2.47. The van der Waals surface area contributed by atoms with Gasteiger partial charge in [0.05, 0.1) is 12.1 Å². The van der Waals surface area contributed by atoms with E-state index in [4.69, 9.17) is 0 Å². The average Bonchev–Trinajstić information content (AvgIpc) is 2.90. The molecule has 1 heterocycles. The van der Waals surface area contributed by atoms with Gasteiger partial charge in [-0.1, -0.05) is 60.4 Å². The number of thioether (sulfide) groups is 1. The highest BCUT2D eigenvalue weighted by atomic mass is 32.2. The SMILES string of the molecule is CCNC(CO)(CSc1nnc(C)s1)c1ccccc1. The smallest absolute Gasteiger partial charge is 0.174 e. The van der Waals surface area contributed by atoms with Gasteiger partial charge in [-0.2, -0.15) is 0 Å². The first-order valence-electron chi connectivity index (χ1n) is 6.54. The predicted octanol–water partition coefficient (Wildman–Crippen LogP) is 2.44. The largest absolute Gasteiger partial charge is 0.394 e. The van der Waals surface area contributed by atoms with Crippen LogP contribution < -0.4 is 5.32 Å². The molecule has 2 rings (SSSR count). The van der Waals surface area contributed by atoms with E-state index in [1.54, 1.807) is 23.1 Å². The van der Waals surface area contributed by atoms with Crippen LogP contribution in [0.15, 0.2) is 34.7 Å². The molecule has 2 aromatic rings. The highest BCUT2D eigenvalue weighted by molar-refractivity contribution is 8.01. The number of aryl methyl sites for hydroxylation is 1.